The first-order valence-electron chi connectivity index (χ1n) is 10.6. The molecule has 29 heavy (non-hydrogen) atoms. The monoisotopic (exact) mass is 412 g/mol. The number of fused-ring (bicyclic) bond motifs is 1. The van der Waals surface area contributed by atoms with Crippen LogP contribution in [0.3, 0.4) is 0 Å². The summed E-state index contributed by atoms with van der Waals surface area (Å²) >= 11 is 1.62. The Morgan fingerprint density at radius 1 is 1.21 bits per heavy atom. The molecule has 6 nitrogen and oxygen atoms in total. The first-order chi connectivity index (χ1) is 14.1. The summed E-state index contributed by atoms with van der Waals surface area (Å²) in [7, 11) is 4.40. The lowest BCUT2D eigenvalue weighted by molar-refractivity contribution is 0.161. The number of pyridine rings is 1. The number of likely N-dealkylation sites (N-methyl/N-ethyl adjacent to an activating group) is 1. The zero-order chi connectivity index (χ0) is 20.4. The maximum absolute atomic E-state index is 4.89. The van der Waals surface area contributed by atoms with Crippen LogP contribution in [0.25, 0.3) is 0 Å². The molecule has 1 aliphatic carbocycles. The molecule has 1 fully saturated rings. The highest BCUT2D eigenvalue weighted by molar-refractivity contribution is 7.98. The molecule has 0 aromatic carbocycles. The summed E-state index contributed by atoms with van der Waals surface area (Å²) in [6.45, 7) is 6.45. The molecule has 0 spiro atoms. The number of thioether (sulfide) groups is 1. The smallest absolute Gasteiger partial charge is 0.189 e. The van der Waals surface area contributed by atoms with Gasteiger partial charge < -0.3 is 9.80 Å². The SMILES string of the molecule is CSc1nc([C@@H](C)N(C)[C@H]2CCCc3cccnc32)cc(N2CCN(C)CC2)n1. The van der Waals surface area contributed by atoms with Crippen molar-refractivity contribution < 1.29 is 0 Å². The van der Waals surface area contributed by atoms with Gasteiger partial charge in [0.25, 0.3) is 0 Å². The summed E-state index contributed by atoms with van der Waals surface area (Å²) in [5.41, 5.74) is 3.74. The number of nitrogens with zero attached hydrogens (tertiary/aromatic N) is 6. The van der Waals surface area contributed by atoms with E-state index in [1.54, 1.807) is 11.8 Å². The van der Waals surface area contributed by atoms with E-state index in [1.807, 2.05) is 6.20 Å². The molecule has 2 atom stereocenters. The third-order valence-corrected chi connectivity index (χ3v) is 6.97. The van der Waals surface area contributed by atoms with Gasteiger partial charge in [0, 0.05) is 44.5 Å². The second kappa shape index (κ2) is 8.98. The van der Waals surface area contributed by atoms with E-state index in [2.05, 4.69) is 60.2 Å². The standard InChI is InChI=1S/C22H32N6S/c1-16(27(3)19-9-5-7-17-8-6-10-23-21(17)19)18-15-20(25-22(24-18)29-4)28-13-11-26(2)12-14-28/h6,8,10,15-16,19H,5,7,9,11-14H2,1-4H3/t16-,19+/m1/s1. The maximum Gasteiger partial charge on any atom is 0.189 e. The van der Waals surface area contributed by atoms with Crippen LogP contribution in [0.5, 0.6) is 0 Å². The average Bonchev–Trinajstić information content (AvgIpc) is 2.77. The molecule has 0 bridgehead atoms. The molecule has 0 unspecified atom stereocenters. The Balaban J connectivity index is 1.59. The average molecular weight is 413 g/mol. The third kappa shape index (κ3) is 4.42. The Morgan fingerprint density at radius 3 is 2.76 bits per heavy atom. The molecular weight excluding hydrogens is 380 g/mol. The number of hydrogen-bond acceptors (Lipinski definition) is 7. The van der Waals surface area contributed by atoms with Crippen LogP contribution in [0.15, 0.2) is 29.6 Å². The Hall–Kier alpha value is -1.70. The molecular formula is C22H32N6S. The van der Waals surface area contributed by atoms with Gasteiger partial charge >= 0.3 is 0 Å². The molecule has 2 aromatic heterocycles. The van der Waals surface area contributed by atoms with Crippen molar-refractivity contribution in [2.24, 2.45) is 0 Å². The van der Waals surface area contributed by atoms with Crippen LogP contribution in [0.1, 0.15) is 48.8 Å². The van der Waals surface area contributed by atoms with Crippen LogP contribution < -0.4 is 4.90 Å². The fourth-order valence-electron chi connectivity index (χ4n) is 4.39. The minimum Gasteiger partial charge on any atom is -0.354 e. The van der Waals surface area contributed by atoms with E-state index in [-0.39, 0.29) is 6.04 Å². The van der Waals surface area contributed by atoms with Gasteiger partial charge in [0.15, 0.2) is 5.16 Å². The van der Waals surface area contributed by atoms with Crippen LogP contribution in [0.2, 0.25) is 0 Å². The zero-order valence-electron chi connectivity index (χ0n) is 18.0. The van der Waals surface area contributed by atoms with E-state index in [9.17, 15) is 0 Å². The van der Waals surface area contributed by atoms with Crippen molar-refractivity contribution in [3.63, 3.8) is 0 Å². The number of rotatable bonds is 5. The van der Waals surface area contributed by atoms with Gasteiger partial charge in [-0.15, -0.1) is 0 Å². The van der Waals surface area contributed by atoms with Crippen LogP contribution in [-0.2, 0) is 6.42 Å². The topological polar surface area (TPSA) is 48.4 Å². The predicted octanol–water partition coefficient (Wildman–Crippen LogP) is 3.42. The largest absolute Gasteiger partial charge is 0.354 e. The van der Waals surface area contributed by atoms with Crippen molar-refractivity contribution in [3.05, 3.63) is 41.3 Å². The second-order valence-corrected chi connectivity index (χ2v) is 9.00. The number of piperazine rings is 1. The molecule has 0 N–H and O–H groups in total. The van der Waals surface area contributed by atoms with Gasteiger partial charge in [-0.3, -0.25) is 9.88 Å². The van der Waals surface area contributed by atoms with Crippen LogP contribution in [-0.4, -0.2) is 71.3 Å². The molecule has 3 heterocycles. The van der Waals surface area contributed by atoms with Crippen LogP contribution >= 0.6 is 11.8 Å². The van der Waals surface area contributed by atoms with Gasteiger partial charge in [0.2, 0.25) is 0 Å². The summed E-state index contributed by atoms with van der Waals surface area (Å²) in [5.74, 6) is 1.06. The van der Waals surface area contributed by atoms with Gasteiger partial charge in [-0.25, -0.2) is 9.97 Å². The Kier molecular flexibility index (Phi) is 6.37. The van der Waals surface area contributed by atoms with E-state index in [0.717, 1.165) is 55.7 Å². The zero-order valence-corrected chi connectivity index (χ0v) is 18.8. The molecule has 2 aromatic rings. The lowest BCUT2D eigenvalue weighted by Crippen LogP contribution is -2.45. The highest BCUT2D eigenvalue weighted by atomic mass is 32.2. The summed E-state index contributed by atoms with van der Waals surface area (Å²) in [6, 6.07) is 7.04. The molecule has 156 valence electrons. The summed E-state index contributed by atoms with van der Waals surface area (Å²) in [4.78, 5) is 21.7. The minimum atomic E-state index is 0.202. The van der Waals surface area contributed by atoms with Crippen molar-refractivity contribution in [2.45, 2.75) is 43.4 Å². The number of anilines is 1. The van der Waals surface area contributed by atoms with E-state index in [0.29, 0.717) is 6.04 Å². The molecule has 7 heteroatoms. The Morgan fingerprint density at radius 2 is 2.00 bits per heavy atom. The van der Waals surface area contributed by atoms with Crippen molar-refractivity contribution in [1.82, 2.24) is 24.8 Å². The van der Waals surface area contributed by atoms with Crippen molar-refractivity contribution in [1.29, 1.82) is 0 Å². The van der Waals surface area contributed by atoms with E-state index in [4.69, 9.17) is 15.0 Å². The van der Waals surface area contributed by atoms with Gasteiger partial charge in [-0.2, -0.15) is 0 Å². The van der Waals surface area contributed by atoms with Gasteiger partial charge in [0.05, 0.1) is 17.4 Å². The van der Waals surface area contributed by atoms with Gasteiger partial charge in [0.1, 0.15) is 5.82 Å². The lowest BCUT2D eigenvalue weighted by atomic mass is 9.90. The number of hydrogen-bond donors (Lipinski definition) is 0. The highest BCUT2D eigenvalue weighted by Crippen LogP contribution is 2.36. The van der Waals surface area contributed by atoms with Crippen molar-refractivity contribution in [2.75, 3.05) is 51.4 Å². The first-order valence-corrected chi connectivity index (χ1v) is 11.8. The highest BCUT2D eigenvalue weighted by Gasteiger charge is 2.29. The fourth-order valence-corrected chi connectivity index (χ4v) is 4.77. The van der Waals surface area contributed by atoms with Gasteiger partial charge in [-0.1, -0.05) is 17.8 Å². The first kappa shape index (κ1) is 20.6. The van der Waals surface area contributed by atoms with E-state index in [1.165, 1.54) is 17.7 Å². The minimum absolute atomic E-state index is 0.202. The quantitative estimate of drug-likeness (QED) is 0.551. The van der Waals surface area contributed by atoms with E-state index < -0.39 is 0 Å². The third-order valence-electron chi connectivity index (χ3n) is 6.42. The molecule has 1 aliphatic heterocycles. The second-order valence-electron chi connectivity index (χ2n) is 8.23. The van der Waals surface area contributed by atoms with Crippen LogP contribution in [0.4, 0.5) is 5.82 Å². The predicted molar refractivity (Wildman–Crippen MR) is 120 cm³/mol. The number of aryl methyl sites for hydroxylation is 1. The fraction of sp³-hybridized carbons (Fsp3) is 0.591. The summed E-state index contributed by atoms with van der Waals surface area (Å²) < 4.78 is 0. The molecule has 1 saturated heterocycles. The normalized spacial score (nSPS) is 21.3. The van der Waals surface area contributed by atoms with Crippen molar-refractivity contribution in [3.8, 4) is 0 Å². The Bertz CT molecular complexity index is 836. The van der Waals surface area contributed by atoms with Crippen LogP contribution in [0, 0.1) is 0 Å². The number of aromatic nitrogens is 3. The molecule has 4 rings (SSSR count). The lowest BCUT2D eigenvalue weighted by Gasteiger charge is -2.36. The van der Waals surface area contributed by atoms with Crippen molar-refractivity contribution >= 4 is 17.6 Å². The molecule has 0 radical (unpaired) electrons. The molecule has 0 saturated carbocycles. The van der Waals surface area contributed by atoms with E-state index >= 15 is 0 Å². The molecule has 0 amide bonds. The summed E-state index contributed by atoms with van der Waals surface area (Å²) in [5, 5.41) is 0.860. The molecule has 2 aliphatic rings. The summed E-state index contributed by atoms with van der Waals surface area (Å²) in [6.07, 6.45) is 7.49. The Labute approximate surface area is 178 Å². The van der Waals surface area contributed by atoms with Gasteiger partial charge in [-0.05, 0) is 58.2 Å². The maximum atomic E-state index is 4.89.